The van der Waals surface area contributed by atoms with Gasteiger partial charge in [0.1, 0.15) is 6.04 Å². The van der Waals surface area contributed by atoms with Crippen LogP contribution in [0.5, 0.6) is 0 Å². The lowest BCUT2D eigenvalue weighted by Gasteiger charge is -2.12. The molecule has 1 heterocycles. The number of hydrogen-bond donors (Lipinski definition) is 2. The highest BCUT2D eigenvalue weighted by Crippen LogP contribution is 1.99. The van der Waals surface area contributed by atoms with E-state index in [4.69, 9.17) is 5.11 Å². The van der Waals surface area contributed by atoms with Crippen LogP contribution in [-0.2, 0) is 4.79 Å². The van der Waals surface area contributed by atoms with Gasteiger partial charge in [-0.25, -0.2) is 4.79 Å². The Bertz CT molecular complexity index is 389. The molecule has 1 aromatic heterocycles. The van der Waals surface area contributed by atoms with E-state index in [9.17, 15) is 9.59 Å². The van der Waals surface area contributed by atoms with Gasteiger partial charge < -0.3 is 10.4 Å². The molecule has 5 nitrogen and oxygen atoms in total. The third-order valence-electron chi connectivity index (χ3n) is 1.95. The van der Waals surface area contributed by atoms with Crippen molar-refractivity contribution in [1.29, 1.82) is 0 Å². The molecule has 0 fully saturated rings. The average molecular weight is 220 g/mol. The van der Waals surface area contributed by atoms with Crippen molar-refractivity contribution in [2.24, 2.45) is 0 Å². The van der Waals surface area contributed by atoms with Crippen molar-refractivity contribution >= 4 is 11.9 Å². The minimum atomic E-state index is -1.08. The summed E-state index contributed by atoms with van der Waals surface area (Å²) < 4.78 is 0. The van der Waals surface area contributed by atoms with Crippen LogP contribution in [-0.4, -0.2) is 28.0 Å². The van der Waals surface area contributed by atoms with Gasteiger partial charge >= 0.3 is 5.97 Å². The third-order valence-corrected chi connectivity index (χ3v) is 1.95. The fraction of sp³-hybridized carbons (Fsp3) is 0.182. The van der Waals surface area contributed by atoms with Gasteiger partial charge in [-0.3, -0.25) is 9.78 Å². The smallest absolute Gasteiger partial charge is 0.326 e. The number of nitrogens with zero attached hydrogens (tertiary/aromatic N) is 1. The van der Waals surface area contributed by atoms with Crippen LogP contribution >= 0.6 is 0 Å². The summed E-state index contributed by atoms with van der Waals surface area (Å²) in [6, 6.07) is 2.09. The number of carboxylic acid groups (broad SMARTS) is 1. The molecule has 0 unspecified atom stereocenters. The zero-order valence-electron chi connectivity index (χ0n) is 8.59. The second-order valence-corrected chi connectivity index (χ2v) is 3.12. The van der Waals surface area contributed by atoms with Crippen LogP contribution in [0.25, 0.3) is 0 Å². The van der Waals surface area contributed by atoms with Crippen molar-refractivity contribution in [3.63, 3.8) is 0 Å². The third kappa shape index (κ3) is 3.20. The van der Waals surface area contributed by atoms with E-state index in [1.165, 1.54) is 30.6 Å². The number of carboxylic acids is 1. The van der Waals surface area contributed by atoms with E-state index in [1.807, 2.05) is 0 Å². The number of aromatic nitrogens is 1. The zero-order valence-corrected chi connectivity index (χ0v) is 8.59. The van der Waals surface area contributed by atoms with Gasteiger partial charge in [-0.1, -0.05) is 6.08 Å². The number of carbonyl (C=O) groups is 2. The van der Waals surface area contributed by atoms with Gasteiger partial charge in [0.2, 0.25) is 0 Å². The molecule has 0 aliphatic heterocycles. The molecule has 0 radical (unpaired) electrons. The Balaban J connectivity index is 2.69. The molecule has 0 aromatic carbocycles. The van der Waals surface area contributed by atoms with Crippen LogP contribution in [0, 0.1) is 0 Å². The number of carbonyl (C=O) groups excluding carboxylic acids is 1. The Morgan fingerprint density at radius 3 is 2.62 bits per heavy atom. The molecule has 1 atom stereocenters. The highest BCUT2D eigenvalue weighted by Gasteiger charge is 2.18. The van der Waals surface area contributed by atoms with Crippen LogP contribution in [0.4, 0.5) is 0 Å². The van der Waals surface area contributed by atoms with E-state index in [1.54, 1.807) is 0 Å². The highest BCUT2D eigenvalue weighted by atomic mass is 16.4. The number of hydrogen-bond acceptors (Lipinski definition) is 3. The standard InChI is InChI=1S/C11H12N2O3/c1-2-3-9(11(15)16)13-10(14)8-4-6-12-7-5-8/h2,4-7,9H,1,3H2,(H,13,14)(H,15,16)/t9-/m0/s1. The molecule has 84 valence electrons. The maximum atomic E-state index is 11.6. The van der Waals surface area contributed by atoms with Crippen LogP contribution in [0.15, 0.2) is 37.2 Å². The summed E-state index contributed by atoms with van der Waals surface area (Å²) in [6.45, 7) is 3.44. The Morgan fingerprint density at radius 2 is 2.12 bits per heavy atom. The van der Waals surface area contributed by atoms with E-state index in [0.717, 1.165) is 0 Å². The van der Waals surface area contributed by atoms with Crippen LogP contribution in [0.2, 0.25) is 0 Å². The van der Waals surface area contributed by atoms with E-state index in [2.05, 4.69) is 16.9 Å². The monoisotopic (exact) mass is 220 g/mol. The van der Waals surface area contributed by atoms with Crippen LogP contribution in [0.3, 0.4) is 0 Å². The minimum absolute atomic E-state index is 0.187. The first-order chi connectivity index (χ1) is 7.65. The lowest BCUT2D eigenvalue weighted by atomic mass is 10.2. The van der Waals surface area contributed by atoms with E-state index in [-0.39, 0.29) is 6.42 Å². The first-order valence-corrected chi connectivity index (χ1v) is 4.69. The zero-order chi connectivity index (χ0) is 12.0. The van der Waals surface area contributed by atoms with Gasteiger partial charge in [0.05, 0.1) is 0 Å². The Morgan fingerprint density at radius 1 is 1.50 bits per heavy atom. The summed E-state index contributed by atoms with van der Waals surface area (Å²) in [6.07, 6.45) is 4.58. The van der Waals surface area contributed by atoms with Gasteiger partial charge in [0.25, 0.3) is 5.91 Å². The molecule has 0 bridgehead atoms. The Labute approximate surface area is 92.8 Å². The summed E-state index contributed by atoms with van der Waals surface area (Å²) in [5, 5.41) is 11.2. The second-order valence-electron chi connectivity index (χ2n) is 3.12. The normalized spacial score (nSPS) is 11.5. The lowest BCUT2D eigenvalue weighted by Crippen LogP contribution is -2.40. The maximum absolute atomic E-state index is 11.6. The number of aliphatic carboxylic acids is 1. The molecule has 0 spiro atoms. The summed E-state index contributed by atoms with van der Waals surface area (Å²) >= 11 is 0. The Hall–Kier alpha value is -2.17. The molecule has 0 saturated carbocycles. The lowest BCUT2D eigenvalue weighted by molar-refractivity contribution is -0.139. The molecule has 0 aliphatic rings. The molecule has 5 heteroatoms. The summed E-state index contributed by atoms with van der Waals surface area (Å²) in [4.78, 5) is 26.1. The van der Waals surface area contributed by atoms with Gasteiger partial charge in [-0.15, -0.1) is 6.58 Å². The topological polar surface area (TPSA) is 79.3 Å². The molecular formula is C11H12N2O3. The van der Waals surface area contributed by atoms with Crippen molar-refractivity contribution in [1.82, 2.24) is 10.3 Å². The van der Waals surface area contributed by atoms with Gasteiger partial charge in [0, 0.05) is 18.0 Å². The van der Waals surface area contributed by atoms with Crippen molar-refractivity contribution in [2.45, 2.75) is 12.5 Å². The molecule has 16 heavy (non-hydrogen) atoms. The van der Waals surface area contributed by atoms with Gasteiger partial charge in [-0.2, -0.15) is 0 Å². The summed E-state index contributed by atoms with van der Waals surface area (Å²) in [5.41, 5.74) is 0.380. The van der Waals surface area contributed by atoms with Crippen molar-refractivity contribution in [3.05, 3.63) is 42.7 Å². The molecular weight excluding hydrogens is 208 g/mol. The number of pyridine rings is 1. The molecule has 0 saturated heterocycles. The number of amides is 1. The average Bonchev–Trinajstić information content (AvgIpc) is 2.29. The van der Waals surface area contributed by atoms with E-state index < -0.39 is 17.9 Å². The number of rotatable bonds is 5. The predicted octanol–water partition coefficient (Wildman–Crippen LogP) is 0.841. The van der Waals surface area contributed by atoms with Crippen molar-refractivity contribution in [3.8, 4) is 0 Å². The molecule has 1 rings (SSSR count). The molecule has 0 aliphatic carbocycles. The molecule has 1 aromatic rings. The molecule has 2 N–H and O–H groups in total. The van der Waals surface area contributed by atoms with E-state index >= 15 is 0 Å². The van der Waals surface area contributed by atoms with Crippen molar-refractivity contribution < 1.29 is 14.7 Å². The summed E-state index contributed by atoms with van der Waals surface area (Å²) in [7, 11) is 0. The summed E-state index contributed by atoms with van der Waals surface area (Å²) in [5.74, 6) is -1.51. The first-order valence-electron chi connectivity index (χ1n) is 4.69. The SMILES string of the molecule is C=CC[C@H](NC(=O)c1ccncc1)C(=O)O. The van der Waals surface area contributed by atoms with Gasteiger partial charge in [0.15, 0.2) is 0 Å². The van der Waals surface area contributed by atoms with Crippen LogP contribution in [0.1, 0.15) is 16.8 Å². The fourth-order valence-electron chi connectivity index (χ4n) is 1.13. The quantitative estimate of drug-likeness (QED) is 0.721. The number of nitrogens with one attached hydrogen (secondary N) is 1. The minimum Gasteiger partial charge on any atom is -0.480 e. The molecule has 1 amide bonds. The van der Waals surface area contributed by atoms with Crippen LogP contribution < -0.4 is 5.32 Å². The van der Waals surface area contributed by atoms with Gasteiger partial charge in [-0.05, 0) is 18.6 Å². The largest absolute Gasteiger partial charge is 0.480 e. The highest BCUT2D eigenvalue weighted by molar-refractivity contribution is 5.96. The second kappa shape index (κ2) is 5.65. The fourth-order valence-corrected chi connectivity index (χ4v) is 1.13. The Kier molecular flexibility index (Phi) is 4.20. The maximum Gasteiger partial charge on any atom is 0.326 e. The van der Waals surface area contributed by atoms with Crippen molar-refractivity contribution in [2.75, 3.05) is 0 Å². The first kappa shape index (κ1) is 11.9. The predicted molar refractivity (Wildman–Crippen MR) is 57.9 cm³/mol. The van der Waals surface area contributed by atoms with E-state index in [0.29, 0.717) is 5.56 Å².